The van der Waals surface area contributed by atoms with E-state index in [0.29, 0.717) is 28.7 Å². The van der Waals surface area contributed by atoms with Gasteiger partial charge in [0.25, 0.3) is 0 Å². The van der Waals surface area contributed by atoms with Gasteiger partial charge in [-0.15, -0.1) is 0 Å². The minimum atomic E-state index is -0.332. The number of rotatable bonds is 6. The summed E-state index contributed by atoms with van der Waals surface area (Å²) in [6.45, 7) is 2.54. The Morgan fingerprint density at radius 1 is 1.10 bits per heavy atom. The fourth-order valence-corrected chi connectivity index (χ4v) is 3.52. The van der Waals surface area contributed by atoms with Gasteiger partial charge in [0, 0.05) is 11.8 Å². The van der Waals surface area contributed by atoms with Gasteiger partial charge in [-0.2, -0.15) is 0 Å². The van der Waals surface area contributed by atoms with Crippen LogP contribution in [-0.2, 0) is 6.54 Å². The topological polar surface area (TPSA) is 77.2 Å². The molecule has 7 nitrogen and oxygen atoms in total. The van der Waals surface area contributed by atoms with E-state index < -0.39 is 0 Å². The Bertz CT molecular complexity index is 1080. The number of hydrogen-bond acceptors (Lipinski definition) is 3. The summed E-state index contributed by atoms with van der Waals surface area (Å²) in [4.78, 5) is 13.9. The van der Waals surface area contributed by atoms with Crippen molar-refractivity contribution < 1.29 is 19.8 Å². The van der Waals surface area contributed by atoms with Crippen molar-refractivity contribution in [3.8, 4) is 11.4 Å². The molecule has 0 saturated heterocycles. The minimum Gasteiger partial charge on any atom is -0.507 e. The van der Waals surface area contributed by atoms with Crippen LogP contribution in [0.5, 0.6) is 5.75 Å². The molecule has 3 rings (SSSR count). The average molecular weight is 396 g/mol. The van der Waals surface area contributed by atoms with Crippen LogP contribution in [0.25, 0.3) is 22.7 Å². The number of aryl methyl sites for hydroxylation is 1. The summed E-state index contributed by atoms with van der Waals surface area (Å²) in [6.07, 6.45) is 3.67. The molecule has 0 aliphatic carbocycles. The molecule has 2 aromatic carbocycles. The SMILES string of the molecule is Cc1ccc(-n2c(/C=C/[NH+](C)C)c([N+](=O)[O-])c3ccc(O)c(C[NH+](C)C)c32)cc1. The van der Waals surface area contributed by atoms with E-state index in [2.05, 4.69) is 0 Å². The molecular formula is C22H28N4O3+2. The summed E-state index contributed by atoms with van der Waals surface area (Å²) in [5.74, 6) is 0.147. The lowest BCUT2D eigenvalue weighted by Crippen LogP contribution is -3.04. The molecule has 3 aromatic rings. The van der Waals surface area contributed by atoms with Gasteiger partial charge in [-0.1, -0.05) is 17.7 Å². The van der Waals surface area contributed by atoms with E-state index in [9.17, 15) is 15.2 Å². The number of benzene rings is 2. The van der Waals surface area contributed by atoms with Crippen LogP contribution in [0, 0.1) is 17.0 Å². The second kappa shape index (κ2) is 8.06. The molecule has 0 atom stereocenters. The zero-order chi connectivity index (χ0) is 21.3. The minimum absolute atomic E-state index is 0.0491. The fraction of sp³-hybridized carbons (Fsp3) is 0.273. The third kappa shape index (κ3) is 4.01. The highest BCUT2D eigenvalue weighted by Crippen LogP contribution is 2.40. The highest BCUT2D eigenvalue weighted by atomic mass is 16.6. The lowest BCUT2D eigenvalue weighted by atomic mass is 10.1. The Balaban J connectivity index is 2.50. The van der Waals surface area contributed by atoms with Gasteiger partial charge in [-0.3, -0.25) is 10.1 Å². The summed E-state index contributed by atoms with van der Waals surface area (Å²) in [7, 11) is 7.88. The number of fused-ring (bicyclic) bond motifs is 1. The van der Waals surface area contributed by atoms with E-state index in [1.165, 1.54) is 0 Å². The van der Waals surface area contributed by atoms with Crippen molar-refractivity contribution in [2.75, 3.05) is 28.2 Å². The first-order valence-electron chi connectivity index (χ1n) is 9.58. The van der Waals surface area contributed by atoms with E-state index in [0.717, 1.165) is 21.1 Å². The smallest absolute Gasteiger partial charge is 0.302 e. The zero-order valence-electron chi connectivity index (χ0n) is 17.5. The van der Waals surface area contributed by atoms with Crippen molar-refractivity contribution in [2.45, 2.75) is 13.5 Å². The molecule has 0 aliphatic heterocycles. The van der Waals surface area contributed by atoms with E-state index >= 15 is 0 Å². The zero-order valence-corrected chi connectivity index (χ0v) is 17.5. The van der Waals surface area contributed by atoms with Crippen molar-refractivity contribution in [1.82, 2.24) is 4.57 Å². The Morgan fingerprint density at radius 3 is 2.31 bits per heavy atom. The normalized spacial score (nSPS) is 12.0. The molecule has 0 aliphatic rings. The van der Waals surface area contributed by atoms with E-state index in [1.807, 2.05) is 70.1 Å². The van der Waals surface area contributed by atoms with Gasteiger partial charge in [-0.25, -0.2) is 0 Å². The average Bonchev–Trinajstić information content (AvgIpc) is 2.97. The molecule has 7 heteroatoms. The van der Waals surface area contributed by atoms with Gasteiger partial charge in [0.2, 0.25) is 0 Å². The molecule has 0 radical (unpaired) electrons. The third-order valence-corrected chi connectivity index (χ3v) is 4.80. The van der Waals surface area contributed by atoms with Gasteiger partial charge in [-0.05, 0) is 31.2 Å². The van der Waals surface area contributed by atoms with Gasteiger partial charge >= 0.3 is 5.69 Å². The summed E-state index contributed by atoms with van der Waals surface area (Å²) < 4.78 is 1.89. The van der Waals surface area contributed by atoms with Crippen LogP contribution in [-0.4, -0.2) is 42.8 Å². The van der Waals surface area contributed by atoms with Crippen molar-refractivity contribution in [2.24, 2.45) is 0 Å². The highest BCUT2D eigenvalue weighted by molar-refractivity contribution is 5.98. The van der Waals surface area contributed by atoms with Crippen LogP contribution in [0.3, 0.4) is 0 Å². The lowest BCUT2D eigenvalue weighted by Gasteiger charge is -2.14. The predicted octanol–water partition coefficient (Wildman–Crippen LogP) is 1.31. The molecule has 0 bridgehead atoms. The standard InChI is InChI=1S/C22H26N4O3/c1-15-6-8-16(9-7-15)25-19(12-13-23(2)3)22(26(28)29)17-10-11-20(27)18(21(17)25)14-24(4)5/h6-13,27H,14H2,1-5H3/p+2/b13-12+. The number of phenolic OH excluding ortho intramolecular Hbond substituents is 1. The maximum absolute atomic E-state index is 12.1. The van der Waals surface area contributed by atoms with Crippen LogP contribution < -0.4 is 9.80 Å². The first kappa shape index (κ1) is 20.6. The number of nitro groups is 1. The second-order valence-corrected chi connectivity index (χ2v) is 7.92. The number of hydrogen-bond donors (Lipinski definition) is 3. The maximum atomic E-state index is 12.1. The lowest BCUT2D eigenvalue weighted by molar-refractivity contribution is -0.872. The van der Waals surface area contributed by atoms with Crippen molar-refractivity contribution in [1.29, 1.82) is 0 Å². The number of aromatic nitrogens is 1. The monoisotopic (exact) mass is 396 g/mol. The number of nitrogens with one attached hydrogen (secondary N) is 2. The van der Waals surface area contributed by atoms with Crippen LogP contribution in [0.2, 0.25) is 0 Å². The van der Waals surface area contributed by atoms with Crippen LogP contribution in [0.4, 0.5) is 5.69 Å². The molecule has 0 amide bonds. The quantitative estimate of drug-likeness (QED) is 0.434. The highest BCUT2D eigenvalue weighted by Gasteiger charge is 2.29. The molecule has 1 aromatic heterocycles. The largest absolute Gasteiger partial charge is 0.507 e. The maximum Gasteiger partial charge on any atom is 0.302 e. The van der Waals surface area contributed by atoms with Gasteiger partial charge in [0.05, 0.1) is 55.8 Å². The molecule has 1 heterocycles. The Hall–Kier alpha value is -3.16. The van der Waals surface area contributed by atoms with Crippen LogP contribution >= 0.6 is 0 Å². The molecule has 0 spiro atoms. The molecule has 3 N–H and O–H groups in total. The van der Waals surface area contributed by atoms with E-state index in [1.54, 1.807) is 18.2 Å². The summed E-state index contributed by atoms with van der Waals surface area (Å²) in [5.41, 5.74) is 3.85. The molecule has 0 fully saturated rings. The van der Waals surface area contributed by atoms with Crippen LogP contribution in [0.1, 0.15) is 16.8 Å². The molecule has 152 valence electrons. The van der Waals surface area contributed by atoms with Crippen LogP contribution in [0.15, 0.2) is 42.6 Å². The molecule has 0 unspecified atom stereocenters. The van der Waals surface area contributed by atoms with Gasteiger partial charge in [0.1, 0.15) is 18.0 Å². The number of nitrogens with zero attached hydrogens (tertiary/aromatic N) is 2. The first-order chi connectivity index (χ1) is 13.7. The molecule has 0 saturated carbocycles. The van der Waals surface area contributed by atoms with Crippen molar-refractivity contribution in [3.63, 3.8) is 0 Å². The fourth-order valence-electron chi connectivity index (χ4n) is 3.52. The van der Waals surface area contributed by atoms with E-state index in [-0.39, 0.29) is 16.4 Å². The van der Waals surface area contributed by atoms with Gasteiger partial charge < -0.3 is 19.5 Å². The second-order valence-electron chi connectivity index (χ2n) is 7.92. The van der Waals surface area contributed by atoms with Crippen molar-refractivity contribution in [3.05, 3.63) is 69.5 Å². The number of quaternary nitrogens is 2. The predicted molar refractivity (Wildman–Crippen MR) is 115 cm³/mol. The Morgan fingerprint density at radius 2 is 1.76 bits per heavy atom. The van der Waals surface area contributed by atoms with Gasteiger partial charge in [0.15, 0.2) is 0 Å². The summed E-state index contributed by atoms with van der Waals surface area (Å²) in [6, 6.07) is 11.1. The van der Waals surface area contributed by atoms with E-state index in [4.69, 9.17) is 0 Å². The summed E-state index contributed by atoms with van der Waals surface area (Å²) >= 11 is 0. The first-order valence-corrected chi connectivity index (χ1v) is 9.58. The number of phenols is 1. The third-order valence-electron chi connectivity index (χ3n) is 4.80. The van der Waals surface area contributed by atoms with Crippen molar-refractivity contribution >= 4 is 22.7 Å². The Labute approximate surface area is 170 Å². The molecule has 29 heavy (non-hydrogen) atoms. The molecular weight excluding hydrogens is 368 g/mol. The Kier molecular flexibility index (Phi) is 5.72. The summed E-state index contributed by atoms with van der Waals surface area (Å²) in [5, 5.41) is 23.2. The number of aromatic hydroxyl groups is 1.